The lowest BCUT2D eigenvalue weighted by Gasteiger charge is -2.19. The highest BCUT2D eigenvalue weighted by molar-refractivity contribution is 6.42. The Bertz CT molecular complexity index is 1440. The van der Waals surface area contributed by atoms with Gasteiger partial charge in [0.15, 0.2) is 6.19 Å². The van der Waals surface area contributed by atoms with Gasteiger partial charge in [0.2, 0.25) is 5.96 Å². The number of hydrogen-bond donors (Lipinski definition) is 2. The summed E-state index contributed by atoms with van der Waals surface area (Å²) in [5, 5.41) is 20.8. The van der Waals surface area contributed by atoms with Crippen LogP contribution in [0.4, 0.5) is 23.7 Å². The molecule has 2 aliphatic rings. The molecule has 2 aromatic rings. The maximum atomic E-state index is 13.6. The van der Waals surface area contributed by atoms with Crippen LogP contribution >= 0.6 is 23.2 Å². The van der Waals surface area contributed by atoms with Crippen LogP contribution in [0.3, 0.4) is 0 Å². The van der Waals surface area contributed by atoms with Gasteiger partial charge in [0.25, 0.3) is 0 Å². The number of nitrogens with zero attached hydrogens (tertiary/aromatic N) is 5. The third kappa shape index (κ3) is 8.53. The lowest BCUT2D eigenvalue weighted by atomic mass is 10.0. The molecule has 15 heteroatoms. The predicted octanol–water partition coefficient (Wildman–Crippen LogP) is 5.55. The van der Waals surface area contributed by atoms with E-state index in [1.807, 2.05) is 0 Å². The molecule has 0 radical (unpaired) electrons. The molecule has 0 bridgehead atoms. The van der Waals surface area contributed by atoms with E-state index in [2.05, 4.69) is 32.2 Å². The van der Waals surface area contributed by atoms with Crippen LogP contribution in [0.15, 0.2) is 59.1 Å². The third-order valence-corrected chi connectivity index (χ3v) is 7.28. The molecule has 4 rings (SSSR count). The van der Waals surface area contributed by atoms with Crippen molar-refractivity contribution in [1.82, 2.24) is 20.5 Å². The zero-order valence-electron chi connectivity index (χ0n) is 22.8. The summed E-state index contributed by atoms with van der Waals surface area (Å²) in [5.74, 6) is -0.104. The number of alkyl carbamates (subject to hydrolysis) is 1. The van der Waals surface area contributed by atoms with Crippen molar-refractivity contribution >= 4 is 46.7 Å². The second-order valence-corrected chi connectivity index (χ2v) is 10.3. The van der Waals surface area contributed by atoms with E-state index in [0.717, 1.165) is 38.1 Å². The van der Waals surface area contributed by atoms with Crippen molar-refractivity contribution in [1.29, 1.82) is 5.26 Å². The van der Waals surface area contributed by atoms with E-state index < -0.39 is 23.9 Å². The number of ether oxygens (including phenoxy) is 2. The molecule has 10 nitrogen and oxygen atoms in total. The molecule has 2 heterocycles. The fourth-order valence-corrected chi connectivity index (χ4v) is 4.79. The summed E-state index contributed by atoms with van der Waals surface area (Å²) >= 11 is 12.3. The zero-order chi connectivity index (χ0) is 31.0. The van der Waals surface area contributed by atoms with Gasteiger partial charge in [0.05, 0.1) is 33.9 Å². The van der Waals surface area contributed by atoms with Crippen LogP contribution in [-0.2, 0) is 10.9 Å². The summed E-state index contributed by atoms with van der Waals surface area (Å²) < 4.78 is 51.8. The topological polar surface area (TPSA) is 115 Å². The Morgan fingerprint density at radius 1 is 1.21 bits per heavy atom. The van der Waals surface area contributed by atoms with Gasteiger partial charge in [-0.25, -0.2) is 14.8 Å². The number of carbonyl (C=O) groups is 1. The summed E-state index contributed by atoms with van der Waals surface area (Å²) in [5.41, 5.74) is -0.303. The summed E-state index contributed by atoms with van der Waals surface area (Å²) in [4.78, 5) is 18.9. The SMILES string of the molecule is C=CCOC(=O)NC1CN(C(=Nc2cc(C(F)(F)F)ccc2OCCN2CCCC2)NC#N)N=C1c1ccc(Cl)c(Cl)c1. The molecule has 0 aliphatic carbocycles. The number of likely N-dealkylation sites (tertiary alicyclic amines) is 1. The Labute approximate surface area is 256 Å². The summed E-state index contributed by atoms with van der Waals surface area (Å²) in [6, 6.07) is 6.88. The number of rotatable bonds is 9. The molecular formula is C28H28Cl2F3N7O3. The number of halogens is 5. The molecule has 2 aromatic carbocycles. The molecule has 228 valence electrons. The molecule has 1 fully saturated rings. The van der Waals surface area contributed by atoms with Crippen LogP contribution in [0, 0.1) is 11.5 Å². The van der Waals surface area contributed by atoms with Crippen molar-refractivity contribution in [2.45, 2.75) is 25.1 Å². The highest BCUT2D eigenvalue weighted by Crippen LogP contribution is 2.37. The van der Waals surface area contributed by atoms with E-state index in [9.17, 15) is 23.2 Å². The van der Waals surface area contributed by atoms with Crippen molar-refractivity contribution in [3.8, 4) is 11.9 Å². The Balaban J connectivity index is 1.69. The Kier molecular flexibility index (Phi) is 10.7. The summed E-state index contributed by atoms with van der Waals surface area (Å²) in [6.07, 6.45) is -0.101. The highest BCUT2D eigenvalue weighted by atomic mass is 35.5. The first kappa shape index (κ1) is 31.9. The minimum Gasteiger partial charge on any atom is -0.490 e. The van der Waals surface area contributed by atoms with E-state index in [1.54, 1.807) is 24.4 Å². The zero-order valence-corrected chi connectivity index (χ0v) is 24.3. The van der Waals surface area contributed by atoms with Crippen LogP contribution < -0.4 is 15.4 Å². The van der Waals surface area contributed by atoms with Gasteiger partial charge in [0.1, 0.15) is 24.7 Å². The number of aliphatic imine (C=N–C) groups is 1. The first-order valence-electron chi connectivity index (χ1n) is 13.2. The molecule has 43 heavy (non-hydrogen) atoms. The monoisotopic (exact) mass is 637 g/mol. The summed E-state index contributed by atoms with van der Waals surface area (Å²) in [7, 11) is 0. The highest BCUT2D eigenvalue weighted by Gasteiger charge is 2.34. The number of alkyl halides is 3. The number of hydrazone groups is 1. The van der Waals surface area contributed by atoms with Crippen molar-refractivity contribution in [2.75, 3.05) is 39.4 Å². The van der Waals surface area contributed by atoms with E-state index >= 15 is 0 Å². The molecule has 1 saturated heterocycles. The van der Waals surface area contributed by atoms with Crippen LogP contribution in [0.1, 0.15) is 24.0 Å². The number of nitrogens with one attached hydrogen (secondary N) is 2. The minimum atomic E-state index is -4.64. The lowest BCUT2D eigenvalue weighted by Crippen LogP contribution is -2.45. The second kappa shape index (κ2) is 14.5. The van der Waals surface area contributed by atoms with Gasteiger partial charge >= 0.3 is 12.3 Å². The average Bonchev–Trinajstić information content (AvgIpc) is 3.64. The van der Waals surface area contributed by atoms with Crippen molar-refractivity contribution in [3.63, 3.8) is 0 Å². The van der Waals surface area contributed by atoms with Gasteiger partial charge < -0.3 is 14.8 Å². The third-order valence-electron chi connectivity index (χ3n) is 6.54. The Morgan fingerprint density at radius 2 is 1.98 bits per heavy atom. The number of guanidine groups is 1. The van der Waals surface area contributed by atoms with Gasteiger partial charge in [-0.3, -0.25) is 10.2 Å². The first-order valence-corrected chi connectivity index (χ1v) is 14.0. The predicted molar refractivity (Wildman–Crippen MR) is 157 cm³/mol. The smallest absolute Gasteiger partial charge is 0.416 e. The fourth-order valence-electron chi connectivity index (χ4n) is 4.49. The number of amides is 1. The average molecular weight is 638 g/mol. The van der Waals surface area contributed by atoms with Crippen LogP contribution in [0.2, 0.25) is 10.0 Å². The van der Waals surface area contributed by atoms with E-state index in [-0.39, 0.29) is 42.2 Å². The molecule has 1 amide bonds. The maximum Gasteiger partial charge on any atom is 0.416 e. The first-order chi connectivity index (χ1) is 20.6. The Morgan fingerprint density at radius 3 is 2.65 bits per heavy atom. The number of hydrogen-bond acceptors (Lipinski definition) is 7. The molecule has 1 unspecified atom stereocenters. The largest absolute Gasteiger partial charge is 0.490 e. The van der Waals surface area contributed by atoms with Crippen molar-refractivity contribution in [2.24, 2.45) is 10.1 Å². The fraction of sp³-hybridized carbons (Fsp3) is 0.357. The molecule has 0 saturated carbocycles. The van der Waals surface area contributed by atoms with Crippen LogP contribution in [0.25, 0.3) is 0 Å². The van der Waals surface area contributed by atoms with E-state index in [0.29, 0.717) is 22.8 Å². The van der Waals surface area contributed by atoms with E-state index in [4.69, 9.17) is 32.7 Å². The standard InChI is InChI=1S/C28H28Cl2F3N7O3/c1-2-12-43-27(41)37-23-16-40(38-25(23)18-5-7-20(29)21(30)14-18)26(35-17-34)36-22-15-19(28(31,32)33)6-8-24(22)42-13-11-39-9-3-4-10-39/h2,5-8,14-15,23H,1,3-4,9-13,16H2,(H,35,36)(H,37,41). The van der Waals surface area contributed by atoms with E-state index in [1.165, 1.54) is 17.2 Å². The molecule has 0 aromatic heterocycles. The van der Waals surface area contributed by atoms with Gasteiger partial charge in [-0.15, -0.1) is 0 Å². The lowest BCUT2D eigenvalue weighted by molar-refractivity contribution is -0.137. The molecule has 1 atom stereocenters. The second-order valence-electron chi connectivity index (χ2n) is 9.53. The maximum absolute atomic E-state index is 13.6. The number of carbonyl (C=O) groups excluding carboxylic acids is 1. The normalized spacial score (nSPS) is 17.3. The minimum absolute atomic E-state index is 0.0414. The quantitative estimate of drug-likeness (QED) is 0.122. The van der Waals surface area contributed by atoms with Gasteiger partial charge in [0, 0.05) is 12.1 Å². The molecule has 2 aliphatic heterocycles. The molecule has 0 spiro atoms. The van der Waals surface area contributed by atoms with Gasteiger partial charge in [-0.1, -0.05) is 41.9 Å². The van der Waals surface area contributed by atoms with Crippen molar-refractivity contribution in [3.05, 3.63) is 70.2 Å². The van der Waals surface area contributed by atoms with Crippen LogP contribution in [0.5, 0.6) is 5.75 Å². The number of benzene rings is 2. The van der Waals surface area contributed by atoms with Gasteiger partial charge in [-0.05, 0) is 56.3 Å². The summed E-state index contributed by atoms with van der Waals surface area (Å²) in [6.45, 7) is 6.11. The number of nitriles is 1. The molecule has 2 N–H and O–H groups in total. The van der Waals surface area contributed by atoms with Crippen molar-refractivity contribution < 1.29 is 27.4 Å². The van der Waals surface area contributed by atoms with Gasteiger partial charge in [-0.2, -0.15) is 23.5 Å². The Hall–Kier alpha value is -3.99. The van der Waals surface area contributed by atoms with Crippen LogP contribution in [-0.4, -0.2) is 73.1 Å². The molecular weight excluding hydrogens is 610 g/mol.